The summed E-state index contributed by atoms with van der Waals surface area (Å²) in [6, 6.07) is 0. The SMILES string of the molecule is CCCCC/C=C\C/C=C\C/C=C\CCCCCCCCC(=O)OCC(COC(=O)CCCCCCC)OC(=O)CCCCCCC/C=C\CCCCCCCC. The smallest absolute Gasteiger partial charge is 0.306 e. The molecule has 0 N–H and O–H groups in total. The Kier molecular flexibility index (Phi) is 43.9. The van der Waals surface area contributed by atoms with Crippen LogP contribution in [0.25, 0.3) is 0 Å². The van der Waals surface area contributed by atoms with Crippen molar-refractivity contribution in [2.24, 2.45) is 0 Å². The zero-order chi connectivity index (χ0) is 41.5. The van der Waals surface area contributed by atoms with Gasteiger partial charge in [0.25, 0.3) is 0 Å². The van der Waals surface area contributed by atoms with Crippen molar-refractivity contribution >= 4 is 17.9 Å². The third kappa shape index (κ3) is 44.3. The van der Waals surface area contributed by atoms with E-state index < -0.39 is 6.10 Å². The van der Waals surface area contributed by atoms with E-state index in [2.05, 4.69) is 69.4 Å². The zero-order valence-electron chi connectivity index (χ0n) is 37.6. The summed E-state index contributed by atoms with van der Waals surface area (Å²) >= 11 is 0. The van der Waals surface area contributed by atoms with Crippen molar-refractivity contribution in [3.8, 4) is 0 Å². The number of carbonyl (C=O) groups is 3. The highest BCUT2D eigenvalue weighted by molar-refractivity contribution is 5.71. The van der Waals surface area contributed by atoms with Gasteiger partial charge in [-0.3, -0.25) is 14.4 Å². The fourth-order valence-electron chi connectivity index (χ4n) is 6.62. The van der Waals surface area contributed by atoms with Gasteiger partial charge >= 0.3 is 17.9 Å². The van der Waals surface area contributed by atoms with E-state index in [0.29, 0.717) is 19.3 Å². The van der Waals surface area contributed by atoms with Crippen molar-refractivity contribution in [2.45, 2.75) is 245 Å². The molecule has 330 valence electrons. The topological polar surface area (TPSA) is 78.9 Å². The molecule has 1 atom stereocenters. The van der Waals surface area contributed by atoms with Crippen LogP contribution in [0.1, 0.15) is 239 Å². The molecular weight excluding hydrogens is 709 g/mol. The lowest BCUT2D eigenvalue weighted by Crippen LogP contribution is -2.30. The van der Waals surface area contributed by atoms with Gasteiger partial charge in [0.05, 0.1) is 0 Å². The molecule has 0 amide bonds. The van der Waals surface area contributed by atoms with Gasteiger partial charge in [0.2, 0.25) is 0 Å². The first-order valence-electron chi connectivity index (χ1n) is 24.1. The van der Waals surface area contributed by atoms with Crippen LogP contribution in [0.2, 0.25) is 0 Å². The Morgan fingerprint density at radius 1 is 0.351 bits per heavy atom. The van der Waals surface area contributed by atoms with E-state index in [0.717, 1.165) is 96.3 Å². The molecule has 6 heteroatoms. The van der Waals surface area contributed by atoms with E-state index in [1.54, 1.807) is 0 Å². The summed E-state index contributed by atoms with van der Waals surface area (Å²) in [5, 5.41) is 0. The molecule has 0 fully saturated rings. The average molecular weight is 799 g/mol. The minimum absolute atomic E-state index is 0.0814. The number of unbranched alkanes of at least 4 members (excludes halogenated alkanes) is 24. The van der Waals surface area contributed by atoms with Gasteiger partial charge < -0.3 is 14.2 Å². The number of rotatable bonds is 43. The predicted molar refractivity (Wildman–Crippen MR) is 242 cm³/mol. The maximum atomic E-state index is 12.7. The minimum Gasteiger partial charge on any atom is -0.462 e. The summed E-state index contributed by atoms with van der Waals surface area (Å²) in [5.41, 5.74) is 0. The van der Waals surface area contributed by atoms with Crippen LogP contribution in [0, 0.1) is 0 Å². The maximum absolute atomic E-state index is 12.7. The number of esters is 3. The van der Waals surface area contributed by atoms with Crippen LogP contribution in [0.5, 0.6) is 0 Å². The average Bonchev–Trinajstić information content (AvgIpc) is 3.21. The molecular formula is C51H90O6. The Hall–Kier alpha value is -2.63. The lowest BCUT2D eigenvalue weighted by molar-refractivity contribution is -0.167. The van der Waals surface area contributed by atoms with Gasteiger partial charge in [0, 0.05) is 19.3 Å². The van der Waals surface area contributed by atoms with Crippen LogP contribution in [-0.2, 0) is 28.6 Å². The van der Waals surface area contributed by atoms with E-state index in [4.69, 9.17) is 14.2 Å². The summed E-state index contributed by atoms with van der Waals surface area (Å²) in [6.45, 7) is 6.50. The second-order valence-electron chi connectivity index (χ2n) is 16.0. The number of allylic oxidation sites excluding steroid dienone is 8. The molecule has 0 saturated carbocycles. The second kappa shape index (κ2) is 46.1. The van der Waals surface area contributed by atoms with Gasteiger partial charge in [-0.2, -0.15) is 0 Å². The highest BCUT2D eigenvalue weighted by Crippen LogP contribution is 2.13. The van der Waals surface area contributed by atoms with E-state index in [1.165, 1.54) is 103 Å². The third-order valence-electron chi connectivity index (χ3n) is 10.3. The molecule has 57 heavy (non-hydrogen) atoms. The molecule has 0 aliphatic heterocycles. The first-order valence-corrected chi connectivity index (χ1v) is 24.1. The monoisotopic (exact) mass is 799 g/mol. The quantitative estimate of drug-likeness (QED) is 0.0265. The highest BCUT2D eigenvalue weighted by Gasteiger charge is 2.19. The zero-order valence-corrected chi connectivity index (χ0v) is 37.6. The fourth-order valence-corrected chi connectivity index (χ4v) is 6.62. The fraction of sp³-hybridized carbons (Fsp3) is 0.784. The Bertz CT molecular complexity index is 1010. The number of hydrogen-bond acceptors (Lipinski definition) is 6. The lowest BCUT2D eigenvalue weighted by Gasteiger charge is -2.18. The summed E-state index contributed by atoms with van der Waals surface area (Å²) in [4.78, 5) is 37.6. The molecule has 0 radical (unpaired) electrons. The molecule has 0 spiro atoms. The number of carbonyl (C=O) groups excluding carboxylic acids is 3. The number of hydrogen-bond donors (Lipinski definition) is 0. The minimum atomic E-state index is -0.777. The molecule has 6 nitrogen and oxygen atoms in total. The van der Waals surface area contributed by atoms with Gasteiger partial charge in [0.1, 0.15) is 13.2 Å². The normalized spacial score (nSPS) is 12.4. The van der Waals surface area contributed by atoms with Crippen LogP contribution in [-0.4, -0.2) is 37.2 Å². The van der Waals surface area contributed by atoms with E-state index >= 15 is 0 Å². The summed E-state index contributed by atoms with van der Waals surface area (Å²) in [6.07, 6.45) is 54.1. The second-order valence-corrected chi connectivity index (χ2v) is 16.0. The van der Waals surface area contributed by atoms with Crippen molar-refractivity contribution in [1.29, 1.82) is 0 Å². The van der Waals surface area contributed by atoms with Crippen LogP contribution >= 0.6 is 0 Å². The van der Waals surface area contributed by atoms with Gasteiger partial charge in [0.15, 0.2) is 6.10 Å². The number of ether oxygens (including phenoxy) is 3. The summed E-state index contributed by atoms with van der Waals surface area (Å²) in [7, 11) is 0. The van der Waals surface area contributed by atoms with E-state index in [-0.39, 0.29) is 31.1 Å². The standard InChI is InChI=1S/C51H90O6/c1-4-7-10-13-15-17-19-21-23-24-25-26-28-29-31-33-35-38-41-44-50(53)56-47-48(46-55-49(52)43-40-37-12-9-6-3)57-51(54)45-42-39-36-34-32-30-27-22-20-18-16-14-11-8-5-2/h15,17,21-23,25-27,48H,4-14,16,18-20,24,28-47H2,1-3H3/b17-15-,23-21-,26-25-,27-22-. The van der Waals surface area contributed by atoms with E-state index in [9.17, 15) is 14.4 Å². The first-order chi connectivity index (χ1) is 28.0. The summed E-state index contributed by atoms with van der Waals surface area (Å²) < 4.78 is 16.6. The van der Waals surface area contributed by atoms with Crippen LogP contribution in [0.4, 0.5) is 0 Å². The lowest BCUT2D eigenvalue weighted by atomic mass is 10.1. The molecule has 0 aliphatic rings. The Morgan fingerprint density at radius 2 is 0.632 bits per heavy atom. The Morgan fingerprint density at radius 3 is 1.04 bits per heavy atom. The Balaban J connectivity index is 4.22. The van der Waals surface area contributed by atoms with Crippen LogP contribution < -0.4 is 0 Å². The molecule has 0 bridgehead atoms. The van der Waals surface area contributed by atoms with Gasteiger partial charge in [-0.25, -0.2) is 0 Å². The van der Waals surface area contributed by atoms with Crippen molar-refractivity contribution in [1.82, 2.24) is 0 Å². The molecule has 0 aromatic rings. The van der Waals surface area contributed by atoms with Crippen LogP contribution in [0.3, 0.4) is 0 Å². The molecule has 1 unspecified atom stereocenters. The maximum Gasteiger partial charge on any atom is 0.306 e. The Labute approximate surface area is 352 Å². The van der Waals surface area contributed by atoms with E-state index in [1.807, 2.05) is 0 Å². The van der Waals surface area contributed by atoms with Crippen molar-refractivity contribution in [2.75, 3.05) is 13.2 Å². The summed E-state index contributed by atoms with van der Waals surface area (Å²) in [5.74, 6) is -0.915. The first kappa shape index (κ1) is 54.4. The van der Waals surface area contributed by atoms with Crippen LogP contribution in [0.15, 0.2) is 48.6 Å². The molecule has 0 rings (SSSR count). The van der Waals surface area contributed by atoms with Gasteiger partial charge in [-0.15, -0.1) is 0 Å². The van der Waals surface area contributed by atoms with Gasteiger partial charge in [-0.05, 0) is 83.5 Å². The van der Waals surface area contributed by atoms with Crippen molar-refractivity contribution in [3.63, 3.8) is 0 Å². The largest absolute Gasteiger partial charge is 0.462 e. The molecule has 0 saturated heterocycles. The third-order valence-corrected chi connectivity index (χ3v) is 10.3. The molecule has 0 heterocycles. The van der Waals surface area contributed by atoms with Crippen molar-refractivity contribution in [3.05, 3.63) is 48.6 Å². The van der Waals surface area contributed by atoms with Gasteiger partial charge in [-0.1, -0.05) is 185 Å². The molecule has 0 aromatic carbocycles. The van der Waals surface area contributed by atoms with Crippen molar-refractivity contribution < 1.29 is 28.6 Å². The highest BCUT2D eigenvalue weighted by atomic mass is 16.6. The molecule has 0 aromatic heterocycles. The molecule has 0 aliphatic carbocycles. The predicted octanol–water partition coefficient (Wildman–Crippen LogP) is 15.5.